The lowest BCUT2D eigenvalue weighted by molar-refractivity contribution is -0.245. The highest BCUT2D eigenvalue weighted by Crippen LogP contribution is 2.61. The third-order valence-corrected chi connectivity index (χ3v) is 5.77. The lowest BCUT2D eigenvalue weighted by atomic mass is 9.96. The van der Waals surface area contributed by atoms with Crippen LogP contribution in [0.5, 0.6) is 0 Å². The molecule has 0 amide bonds. The highest BCUT2D eigenvalue weighted by molar-refractivity contribution is 5.16. The number of nitrogens with zero attached hydrogens (tertiary/aromatic N) is 1. The minimum atomic E-state index is 0.00759. The van der Waals surface area contributed by atoms with Gasteiger partial charge in [-0.2, -0.15) is 0 Å². The van der Waals surface area contributed by atoms with Crippen LogP contribution >= 0.6 is 0 Å². The van der Waals surface area contributed by atoms with Gasteiger partial charge in [0, 0.05) is 25.1 Å². The molecule has 0 aromatic heterocycles. The van der Waals surface area contributed by atoms with Crippen molar-refractivity contribution in [3.63, 3.8) is 0 Å². The molecule has 4 rings (SSSR count). The maximum atomic E-state index is 6.48. The van der Waals surface area contributed by atoms with E-state index in [4.69, 9.17) is 9.47 Å². The molecule has 0 radical (unpaired) electrons. The van der Waals surface area contributed by atoms with Gasteiger partial charge in [-0.1, -0.05) is 37.3 Å². The van der Waals surface area contributed by atoms with E-state index in [1.54, 1.807) is 0 Å². The van der Waals surface area contributed by atoms with Gasteiger partial charge in [0.05, 0.1) is 0 Å². The second-order valence-electron chi connectivity index (χ2n) is 7.44. The summed E-state index contributed by atoms with van der Waals surface area (Å²) >= 11 is 0. The molecule has 3 fully saturated rings. The molecule has 4 unspecified atom stereocenters. The monoisotopic (exact) mass is 301 g/mol. The Balaban J connectivity index is 1.48. The molecule has 0 bridgehead atoms. The molecule has 2 saturated heterocycles. The second-order valence-corrected chi connectivity index (χ2v) is 7.44. The van der Waals surface area contributed by atoms with Gasteiger partial charge in [-0.25, -0.2) is 0 Å². The highest BCUT2D eigenvalue weighted by Gasteiger charge is 2.60. The van der Waals surface area contributed by atoms with Crippen LogP contribution in [0.25, 0.3) is 0 Å². The smallest absolute Gasteiger partial charge is 0.159 e. The van der Waals surface area contributed by atoms with E-state index in [0.717, 1.165) is 32.0 Å². The van der Waals surface area contributed by atoms with Crippen molar-refractivity contribution in [3.05, 3.63) is 35.9 Å². The van der Waals surface area contributed by atoms with Gasteiger partial charge >= 0.3 is 0 Å². The van der Waals surface area contributed by atoms with Crippen molar-refractivity contribution in [2.45, 2.75) is 58.1 Å². The maximum absolute atomic E-state index is 6.48. The minimum Gasteiger partial charge on any atom is -0.353 e. The van der Waals surface area contributed by atoms with Crippen molar-refractivity contribution in [3.8, 4) is 0 Å². The standard InChI is InChI=1S/C19H27NO2/c1-19-13-16(19)10-11-20(14-15-7-3-2-4-8-15)18(19)22-17-9-5-6-12-21-17/h2-4,7-8,16-18H,5-6,9-14H2,1H3. The van der Waals surface area contributed by atoms with Crippen molar-refractivity contribution < 1.29 is 9.47 Å². The lowest BCUT2D eigenvalue weighted by Gasteiger charge is -2.42. The largest absolute Gasteiger partial charge is 0.353 e. The summed E-state index contributed by atoms with van der Waals surface area (Å²) in [5, 5.41) is 0. The number of piperidine rings is 1. The van der Waals surface area contributed by atoms with E-state index in [9.17, 15) is 0 Å². The van der Waals surface area contributed by atoms with Gasteiger partial charge < -0.3 is 9.47 Å². The number of benzene rings is 1. The van der Waals surface area contributed by atoms with Crippen molar-refractivity contribution in [2.75, 3.05) is 13.2 Å². The fourth-order valence-corrected chi connectivity index (χ4v) is 4.25. The molecule has 0 spiro atoms. The molecule has 3 heteroatoms. The minimum absolute atomic E-state index is 0.00759. The predicted octanol–water partition coefficient (Wildman–Crippen LogP) is 3.79. The van der Waals surface area contributed by atoms with Crippen molar-refractivity contribution in [1.29, 1.82) is 0 Å². The average Bonchev–Trinajstić information content (AvgIpc) is 3.24. The summed E-state index contributed by atoms with van der Waals surface area (Å²) in [6.07, 6.45) is 6.32. The van der Waals surface area contributed by atoms with Crippen molar-refractivity contribution in [2.24, 2.45) is 11.3 Å². The summed E-state index contributed by atoms with van der Waals surface area (Å²) in [7, 11) is 0. The first-order valence-corrected chi connectivity index (χ1v) is 8.81. The van der Waals surface area contributed by atoms with E-state index in [1.165, 1.54) is 31.2 Å². The van der Waals surface area contributed by atoms with Crippen LogP contribution in [0.15, 0.2) is 30.3 Å². The zero-order valence-electron chi connectivity index (χ0n) is 13.5. The molecule has 22 heavy (non-hydrogen) atoms. The molecule has 1 aliphatic carbocycles. The molecule has 1 aromatic carbocycles. The van der Waals surface area contributed by atoms with Crippen LogP contribution in [0.3, 0.4) is 0 Å². The number of rotatable bonds is 4. The molecular weight excluding hydrogens is 274 g/mol. The zero-order valence-corrected chi connectivity index (χ0v) is 13.5. The molecule has 2 aliphatic heterocycles. The van der Waals surface area contributed by atoms with Crippen LogP contribution in [0, 0.1) is 11.3 Å². The fraction of sp³-hybridized carbons (Fsp3) is 0.684. The summed E-state index contributed by atoms with van der Waals surface area (Å²) in [6, 6.07) is 10.8. The number of hydrogen-bond donors (Lipinski definition) is 0. The zero-order chi connectivity index (χ0) is 15.0. The van der Waals surface area contributed by atoms with Crippen LogP contribution in [0.2, 0.25) is 0 Å². The molecule has 0 N–H and O–H groups in total. The molecule has 4 atom stereocenters. The van der Waals surface area contributed by atoms with E-state index in [0.29, 0.717) is 5.41 Å². The molecule has 2 heterocycles. The fourth-order valence-electron chi connectivity index (χ4n) is 4.25. The van der Waals surface area contributed by atoms with Crippen LogP contribution in [-0.2, 0) is 16.0 Å². The summed E-state index contributed by atoms with van der Waals surface area (Å²) in [4.78, 5) is 2.54. The summed E-state index contributed by atoms with van der Waals surface area (Å²) in [6.45, 7) is 5.39. The van der Waals surface area contributed by atoms with Crippen LogP contribution in [0.4, 0.5) is 0 Å². The number of fused-ring (bicyclic) bond motifs is 1. The Morgan fingerprint density at radius 3 is 2.86 bits per heavy atom. The Labute approximate surface area is 133 Å². The average molecular weight is 301 g/mol. The highest BCUT2D eigenvalue weighted by atomic mass is 16.7. The van der Waals surface area contributed by atoms with Gasteiger partial charge in [0.2, 0.25) is 0 Å². The molecule has 1 saturated carbocycles. The third kappa shape index (κ3) is 2.82. The summed E-state index contributed by atoms with van der Waals surface area (Å²) < 4.78 is 12.3. The quantitative estimate of drug-likeness (QED) is 0.844. The first kappa shape index (κ1) is 14.7. The summed E-state index contributed by atoms with van der Waals surface area (Å²) in [5.74, 6) is 0.855. The molecule has 1 aromatic rings. The Kier molecular flexibility index (Phi) is 3.97. The van der Waals surface area contributed by atoms with E-state index in [-0.39, 0.29) is 12.5 Å². The van der Waals surface area contributed by atoms with Gasteiger partial charge in [-0.3, -0.25) is 4.90 Å². The lowest BCUT2D eigenvalue weighted by Crippen LogP contribution is -2.49. The Morgan fingerprint density at radius 2 is 2.09 bits per heavy atom. The SMILES string of the molecule is CC12CC1CCN(Cc1ccccc1)C2OC1CCCCO1. The van der Waals surface area contributed by atoms with Gasteiger partial charge in [-0.05, 0) is 43.6 Å². The normalized spacial score (nSPS) is 38.5. The van der Waals surface area contributed by atoms with E-state index < -0.39 is 0 Å². The van der Waals surface area contributed by atoms with E-state index >= 15 is 0 Å². The number of ether oxygens (including phenoxy) is 2. The van der Waals surface area contributed by atoms with E-state index in [1.807, 2.05) is 0 Å². The van der Waals surface area contributed by atoms with Gasteiger partial charge in [-0.15, -0.1) is 0 Å². The molecule has 3 aliphatic rings. The molecule has 3 nitrogen and oxygen atoms in total. The number of likely N-dealkylation sites (tertiary alicyclic amines) is 1. The van der Waals surface area contributed by atoms with Gasteiger partial charge in [0.25, 0.3) is 0 Å². The first-order chi connectivity index (χ1) is 10.8. The Hall–Kier alpha value is -0.900. The molecule has 120 valence electrons. The van der Waals surface area contributed by atoms with Crippen molar-refractivity contribution >= 4 is 0 Å². The Bertz CT molecular complexity index is 499. The van der Waals surface area contributed by atoms with Crippen LogP contribution in [0.1, 0.15) is 44.6 Å². The van der Waals surface area contributed by atoms with Crippen LogP contribution < -0.4 is 0 Å². The summed E-state index contributed by atoms with van der Waals surface area (Å²) in [5.41, 5.74) is 1.72. The maximum Gasteiger partial charge on any atom is 0.159 e. The Morgan fingerprint density at radius 1 is 1.23 bits per heavy atom. The topological polar surface area (TPSA) is 21.7 Å². The van der Waals surface area contributed by atoms with E-state index in [2.05, 4.69) is 42.2 Å². The van der Waals surface area contributed by atoms with Crippen LogP contribution in [-0.4, -0.2) is 30.6 Å². The number of hydrogen-bond acceptors (Lipinski definition) is 3. The predicted molar refractivity (Wildman–Crippen MR) is 86.1 cm³/mol. The van der Waals surface area contributed by atoms with Crippen molar-refractivity contribution in [1.82, 2.24) is 4.90 Å². The van der Waals surface area contributed by atoms with Gasteiger partial charge in [0.15, 0.2) is 6.29 Å². The third-order valence-electron chi connectivity index (χ3n) is 5.77. The first-order valence-electron chi connectivity index (χ1n) is 8.81. The molecular formula is C19H27NO2. The second kappa shape index (κ2) is 5.95. The van der Waals surface area contributed by atoms with Gasteiger partial charge in [0.1, 0.15) is 6.23 Å².